The lowest BCUT2D eigenvalue weighted by molar-refractivity contribution is -0.376. The van der Waals surface area contributed by atoms with Crippen molar-refractivity contribution in [2.24, 2.45) is 0 Å². The standard InChI is InChI=1S/C29H26F7NO3/c30-23-13-11-21(12-14-23)26(18-38)17-37(25(39)15-6-19-4-2-1-3-5-19)16-24(26)20-7-9-22(10-8-20)27(40,28(31,32)33)29(34,35)36/h1-5,7-14,24,38,40H,6,15-18H2/t24-,26-/m0/s1. The normalized spacial score (nSPS) is 20.1. The van der Waals surface area contributed by atoms with Crippen LogP contribution < -0.4 is 0 Å². The van der Waals surface area contributed by atoms with Gasteiger partial charge < -0.3 is 15.1 Å². The van der Waals surface area contributed by atoms with Crippen LogP contribution in [0.25, 0.3) is 0 Å². The molecule has 2 N–H and O–H groups in total. The van der Waals surface area contributed by atoms with Crippen molar-refractivity contribution < 1.29 is 45.7 Å². The first-order valence-corrected chi connectivity index (χ1v) is 12.4. The molecule has 4 rings (SSSR count). The largest absolute Gasteiger partial charge is 0.430 e. The van der Waals surface area contributed by atoms with Gasteiger partial charge >= 0.3 is 12.4 Å². The zero-order chi connectivity index (χ0) is 29.3. The van der Waals surface area contributed by atoms with E-state index in [4.69, 9.17) is 0 Å². The number of alkyl halides is 6. The van der Waals surface area contributed by atoms with E-state index < -0.39 is 47.3 Å². The fourth-order valence-electron chi connectivity index (χ4n) is 5.35. The average Bonchev–Trinajstić information content (AvgIpc) is 3.32. The maximum absolute atomic E-state index is 13.7. The van der Waals surface area contributed by atoms with Crippen molar-refractivity contribution in [3.8, 4) is 0 Å². The van der Waals surface area contributed by atoms with Gasteiger partial charge in [0.2, 0.25) is 5.91 Å². The Balaban J connectivity index is 1.70. The third kappa shape index (κ3) is 5.32. The van der Waals surface area contributed by atoms with Crippen LogP contribution in [0.1, 0.15) is 34.6 Å². The van der Waals surface area contributed by atoms with Gasteiger partial charge in [-0.2, -0.15) is 26.3 Å². The molecule has 1 fully saturated rings. The predicted octanol–water partition coefficient (Wildman–Crippen LogP) is 5.63. The minimum Gasteiger partial charge on any atom is -0.395 e. The van der Waals surface area contributed by atoms with Crippen molar-refractivity contribution in [2.75, 3.05) is 19.7 Å². The first-order chi connectivity index (χ1) is 18.7. The number of hydrogen-bond donors (Lipinski definition) is 2. The van der Waals surface area contributed by atoms with Crippen molar-refractivity contribution >= 4 is 5.91 Å². The average molecular weight is 570 g/mol. The maximum atomic E-state index is 13.7. The molecule has 1 saturated heterocycles. The number of halogens is 7. The third-order valence-electron chi connectivity index (χ3n) is 7.62. The van der Waals surface area contributed by atoms with Gasteiger partial charge in [0, 0.05) is 36.4 Å². The Morgan fingerprint density at radius 1 is 0.875 bits per heavy atom. The number of likely N-dealkylation sites (tertiary alicyclic amines) is 1. The topological polar surface area (TPSA) is 60.8 Å². The molecule has 0 saturated carbocycles. The van der Waals surface area contributed by atoms with Crippen LogP contribution in [0.5, 0.6) is 0 Å². The highest BCUT2D eigenvalue weighted by Gasteiger charge is 2.71. The molecule has 40 heavy (non-hydrogen) atoms. The van der Waals surface area contributed by atoms with Gasteiger partial charge in [-0.3, -0.25) is 4.79 Å². The number of aryl methyl sites for hydroxylation is 1. The minimum atomic E-state index is -6.04. The van der Waals surface area contributed by atoms with Crippen molar-refractivity contribution in [1.82, 2.24) is 4.90 Å². The fraction of sp³-hybridized carbons (Fsp3) is 0.345. The zero-order valence-corrected chi connectivity index (χ0v) is 21.0. The van der Waals surface area contributed by atoms with Crippen LogP contribution in [0.3, 0.4) is 0 Å². The van der Waals surface area contributed by atoms with Crippen LogP contribution in [-0.4, -0.2) is 53.1 Å². The number of amides is 1. The molecule has 0 spiro atoms. The molecular weight excluding hydrogens is 543 g/mol. The van der Waals surface area contributed by atoms with Crippen LogP contribution in [0.2, 0.25) is 0 Å². The van der Waals surface area contributed by atoms with Crippen LogP contribution in [0, 0.1) is 5.82 Å². The molecule has 2 atom stereocenters. The molecule has 0 unspecified atom stereocenters. The van der Waals surface area contributed by atoms with Crippen molar-refractivity contribution in [1.29, 1.82) is 0 Å². The van der Waals surface area contributed by atoms with Gasteiger partial charge in [0.25, 0.3) is 5.60 Å². The second kappa shape index (κ2) is 10.9. The number of aliphatic hydroxyl groups is 2. The Labute approximate surface area is 225 Å². The molecule has 3 aromatic rings. The molecule has 1 aliphatic rings. The summed E-state index contributed by atoms with van der Waals surface area (Å²) in [7, 11) is 0. The monoisotopic (exact) mass is 569 g/mol. The number of benzene rings is 3. The zero-order valence-electron chi connectivity index (χ0n) is 21.0. The third-order valence-corrected chi connectivity index (χ3v) is 7.62. The van der Waals surface area contributed by atoms with E-state index in [1.165, 1.54) is 29.2 Å². The summed E-state index contributed by atoms with van der Waals surface area (Å²) in [6.45, 7) is -0.541. The summed E-state index contributed by atoms with van der Waals surface area (Å²) in [6.07, 6.45) is -11.5. The van der Waals surface area contributed by atoms with Gasteiger partial charge in [0.05, 0.1) is 6.61 Å². The summed E-state index contributed by atoms with van der Waals surface area (Å²) in [5, 5.41) is 20.4. The van der Waals surface area contributed by atoms with E-state index in [9.17, 15) is 45.7 Å². The van der Waals surface area contributed by atoms with E-state index in [2.05, 4.69) is 0 Å². The number of rotatable bonds is 7. The second-order valence-corrected chi connectivity index (χ2v) is 9.96. The van der Waals surface area contributed by atoms with Gasteiger partial charge in [-0.15, -0.1) is 0 Å². The highest BCUT2D eigenvalue weighted by Crippen LogP contribution is 2.51. The summed E-state index contributed by atoms with van der Waals surface area (Å²) in [6, 6.07) is 17.5. The molecule has 3 aromatic carbocycles. The van der Waals surface area contributed by atoms with Gasteiger partial charge in [-0.1, -0.05) is 66.7 Å². The van der Waals surface area contributed by atoms with Gasteiger partial charge in [0.1, 0.15) is 5.82 Å². The molecule has 1 aliphatic heterocycles. The lowest BCUT2D eigenvalue weighted by atomic mass is 9.70. The summed E-state index contributed by atoms with van der Waals surface area (Å²) < 4.78 is 94.0. The van der Waals surface area contributed by atoms with Gasteiger partial charge in [0.15, 0.2) is 0 Å². The fourth-order valence-corrected chi connectivity index (χ4v) is 5.35. The number of carbonyl (C=O) groups excluding carboxylic acids is 1. The molecule has 0 bridgehead atoms. The Morgan fingerprint density at radius 3 is 1.98 bits per heavy atom. The summed E-state index contributed by atoms with van der Waals surface area (Å²) >= 11 is 0. The first-order valence-electron chi connectivity index (χ1n) is 12.4. The van der Waals surface area contributed by atoms with Gasteiger partial charge in [-0.05, 0) is 35.2 Å². The van der Waals surface area contributed by atoms with Crippen LogP contribution in [-0.2, 0) is 22.2 Å². The lowest BCUT2D eigenvalue weighted by Crippen LogP contribution is -2.53. The number of nitrogens with zero attached hydrogens (tertiary/aromatic N) is 1. The van der Waals surface area contributed by atoms with Crippen LogP contribution in [0.4, 0.5) is 30.7 Å². The number of hydrogen-bond acceptors (Lipinski definition) is 3. The van der Waals surface area contributed by atoms with E-state index in [-0.39, 0.29) is 31.0 Å². The molecule has 4 nitrogen and oxygen atoms in total. The molecule has 0 aliphatic carbocycles. The number of carbonyl (C=O) groups is 1. The highest BCUT2D eigenvalue weighted by atomic mass is 19.4. The Hall–Kier alpha value is -3.44. The molecular formula is C29H26F7NO3. The molecule has 0 radical (unpaired) electrons. The maximum Gasteiger partial charge on any atom is 0.430 e. The highest BCUT2D eigenvalue weighted by molar-refractivity contribution is 5.77. The van der Waals surface area contributed by atoms with E-state index >= 15 is 0 Å². The smallest absolute Gasteiger partial charge is 0.395 e. The van der Waals surface area contributed by atoms with E-state index in [0.717, 1.165) is 17.7 Å². The van der Waals surface area contributed by atoms with Crippen LogP contribution >= 0.6 is 0 Å². The summed E-state index contributed by atoms with van der Waals surface area (Å²) in [5.41, 5.74) is -6.10. The molecule has 0 aromatic heterocycles. The lowest BCUT2D eigenvalue weighted by Gasteiger charge is -2.35. The molecule has 1 heterocycles. The first kappa shape index (κ1) is 29.5. The van der Waals surface area contributed by atoms with E-state index in [0.29, 0.717) is 24.1 Å². The Kier molecular flexibility index (Phi) is 8.01. The van der Waals surface area contributed by atoms with Gasteiger partial charge in [-0.25, -0.2) is 4.39 Å². The van der Waals surface area contributed by atoms with Crippen molar-refractivity contribution in [2.45, 2.75) is 42.1 Å². The Morgan fingerprint density at radius 2 is 1.45 bits per heavy atom. The second-order valence-electron chi connectivity index (χ2n) is 9.96. The SMILES string of the molecule is O=C(CCc1ccccc1)N1C[C@@H](c2ccc(C(O)(C(F)(F)F)C(F)(F)F)cc2)[C@@](CO)(c2ccc(F)cc2)C1. The summed E-state index contributed by atoms with van der Waals surface area (Å²) in [4.78, 5) is 14.7. The molecule has 1 amide bonds. The predicted molar refractivity (Wildman–Crippen MR) is 132 cm³/mol. The van der Waals surface area contributed by atoms with E-state index in [1.54, 1.807) is 0 Å². The minimum absolute atomic E-state index is 0.00765. The van der Waals surface area contributed by atoms with Crippen molar-refractivity contribution in [3.63, 3.8) is 0 Å². The number of aliphatic hydroxyl groups excluding tert-OH is 1. The summed E-state index contributed by atoms with van der Waals surface area (Å²) in [5.74, 6) is -1.57. The van der Waals surface area contributed by atoms with Crippen molar-refractivity contribution in [3.05, 3.63) is 107 Å². The molecule has 11 heteroatoms. The van der Waals surface area contributed by atoms with E-state index in [1.807, 2.05) is 30.3 Å². The molecule has 214 valence electrons. The quantitative estimate of drug-likeness (QED) is 0.363. The van der Waals surface area contributed by atoms with Crippen LogP contribution in [0.15, 0.2) is 78.9 Å². The Bertz CT molecular complexity index is 1290.